The molecule has 0 aromatic heterocycles. The Morgan fingerprint density at radius 1 is 1.32 bits per heavy atom. The van der Waals surface area contributed by atoms with Gasteiger partial charge in [-0.3, -0.25) is 4.79 Å². The summed E-state index contributed by atoms with van der Waals surface area (Å²) in [5.41, 5.74) is 6.29. The first-order valence-corrected chi connectivity index (χ1v) is 7.34. The monoisotopic (exact) mass is 281 g/mol. The molecular formula is C15H23NO2S. The summed E-state index contributed by atoms with van der Waals surface area (Å²) in [5, 5.41) is 0. The molecule has 0 unspecified atom stereocenters. The highest BCUT2D eigenvalue weighted by molar-refractivity contribution is 7.99. The Morgan fingerprint density at radius 3 is 2.37 bits per heavy atom. The van der Waals surface area contributed by atoms with Crippen molar-refractivity contribution >= 4 is 23.2 Å². The lowest BCUT2D eigenvalue weighted by Gasteiger charge is -2.04. The van der Waals surface area contributed by atoms with E-state index in [0.717, 1.165) is 24.3 Å². The van der Waals surface area contributed by atoms with Crippen molar-refractivity contribution in [3.8, 4) is 0 Å². The number of nitrogens with two attached hydrogens (primary N) is 1. The van der Waals surface area contributed by atoms with Crippen LogP contribution in [-0.4, -0.2) is 25.4 Å². The van der Waals surface area contributed by atoms with Crippen LogP contribution in [0, 0.1) is 0 Å². The molecule has 1 amide bonds. The summed E-state index contributed by atoms with van der Waals surface area (Å²) in [6, 6.07) is 7.68. The molecule has 106 valence electrons. The van der Waals surface area contributed by atoms with E-state index in [-0.39, 0.29) is 0 Å². The highest BCUT2D eigenvalue weighted by Gasteiger charge is 2.04. The van der Waals surface area contributed by atoms with Crippen molar-refractivity contribution in [1.82, 2.24) is 0 Å². The number of benzene rings is 1. The van der Waals surface area contributed by atoms with E-state index in [1.165, 1.54) is 4.90 Å². The number of thioether (sulfide) groups is 1. The van der Waals surface area contributed by atoms with Crippen LogP contribution in [0.5, 0.6) is 0 Å². The van der Waals surface area contributed by atoms with E-state index in [0.29, 0.717) is 5.57 Å². The van der Waals surface area contributed by atoms with E-state index in [2.05, 4.69) is 6.58 Å². The van der Waals surface area contributed by atoms with Crippen LogP contribution in [0.2, 0.25) is 0 Å². The minimum atomic E-state index is -0.481. The van der Waals surface area contributed by atoms with Crippen molar-refractivity contribution in [1.29, 1.82) is 0 Å². The number of hydrogen-bond donors (Lipinski definition) is 1. The molecule has 0 saturated carbocycles. The van der Waals surface area contributed by atoms with Crippen molar-refractivity contribution in [3.63, 3.8) is 0 Å². The third-order valence-corrected chi connectivity index (χ3v) is 3.36. The fraction of sp³-hybridized carbons (Fsp3) is 0.400. The largest absolute Gasteiger partial charge is 0.385 e. The van der Waals surface area contributed by atoms with Gasteiger partial charge < -0.3 is 10.5 Å². The third kappa shape index (κ3) is 7.03. The van der Waals surface area contributed by atoms with Crippen molar-refractivity contribution in [2.75, 3.05) is 19.5 Å². The molecule has 2 N–H and O–H groups in total. The number of primary amides is 1. The minimum Gasteiger partial charge on any atom is -0.385 e. The lowest BCUT2D eigenvalue weighted by atomic mass is 10.1. The summed E-state index contributed by atoms with van der Waals surface area (Å²) in [7, 11) is 1.70. The Morgan fingerprint density at radius 2 is 1.89 bits per heavy atom. The second-order valence-electron chi connectivity index (χ2n) is 3.56. The number of carbonyl (C=O) groups is 1. The second-order valence-corrected chi connectivity index (χ2v) is 4.73. The predicted octanol–water partition coefficient (Wildman–Crippen LogP) is 3.34. The molecule has 0 saturated heterocycles. The molecule has 1 aromatic rings. The molecule has 0 atom stereocenters. The highest BCUT2D eigenvalue weighted by Crippen LogP contribution is 2.21. The average molecular weight is 281 g/mol. The molecule has 0 bridgehead atoms. The van der Waals surface area contributed by atoms with Gasteiger partial charge in [-0.05, 0) is 24.1 Å². The highest BCUT2D eigenvalue weighted by atomic mass is 32.2. The molecule has 0 fully saturated rings. The maximum atomic E-state index is 10.9. The number of hydrogen-bond acceptors (Lipinski definition) is 3. The fourth-order valence-corrected chi connectivity index (χ4v) is 2.11. The summed E-state index contributed by atoms with van der Waals surface area (Å²) in [6.45, 7) is 8.42. The first-order chi connectivity index (χ1) is 9.15. The molecule has 3 nitrogen and oxygen atoms in total. The zero-order valence-corrected chi connectivity index (χ0v) is 12.8. The Balaban J connectivity index is 0.00000154. The van der Waals surface area contributed by atoms with Crippen LogP contribution in [0.25, 0.3) is 5.57 Å². The van der Waals surface area contributed by atoms with Gasteiger partial charge in [0.25, 0.3) is 0 Å². The van der Waals surface area contributed by atoms with Crippen LogP contribution >= 0.6 is 11.8 Å². The average Bonchev–Trinajstić information content (AvgIpc) is 2.45. The molecule has 0 spiro atoms. The first kappa shape index (κ1) is 17.7. The second kappa shape index (κ2) is 10.6. The Kier molecular flexibility index (Phi) is 9.94. The number of rotatable bonds is 7. The molecule has 1 rings (SSSR count). The number of amides is 1. The van der Waals surface area contributed by atoms with Gasteiger partial charge >= 0.3 is 0 Å². The maximum absolute atomic E-state index is 10.9. The SMILES string of the molecule is C=C(C(N)=O)c1ccc(SCCCOC)cc1.CC. The van der Waals surface area contributed by atoms with E-state index >= 15 is 0 Å². The third-order valence-electron chi connectivity index (χ3n) is 2.26. The lowest BCUT2D eigenvalue weighted by Crippen LogP contribution is -2.11. The number of ether oxygens (including phenoxy) is 1. The predicted molar refractivity (Wildman–Crippen MR) is 83.2 cm³/mol. The van der Waals surface area contributed by atoms with Crippen LogP contribution in [0.3, 0.4) is 0 Å². The fourth-order valence-electron chi connectivity index (χ4n) is 1.29. The zero-order valence-electron chi connectivity index (χ0n) is 11.9. The summed E-state index contributed by atoms with van der Waals surface area (Å²) < 4.78 is 4.98. The van der Waals surface area contributed by atoms with Crippen molar-refractivity contribution in [3.05, 3.63) is 36.4 Å². The van der Waals surface area contributed by atoms with E-state index < -0.39 is 5.91 Å². The molecule has 19 heavy (non-hydrogen) atoms. The van der Waals surface area contributed by atoms with Gasteiger partial charge in [-0.15, -0.1) is 11.8 Å². The summed E-state index contributed by atoms with van der Waals surface area (Å²) in [4.78, 5) is 12.1. The van der Waals surface area contributed by atoms with Crippen molar-refractivity contribution < 1.29 is 9.53 Å². The molecule has 1 aromatic carbocycles. The van der Waals surface area contributed by atoms with E-state index in [4.69, 9.17) is 10.5 Å². The van der Waals surface area contributed by atoms with Crippen LogP contribution in [0.15, 0.2) is 35.7 Å². The number of methoxy groups -OCH3 is 1. The summed E-state index contributed by atoms with van der Waals surface area (Å²) in [6.07, 6.45) is 1.02. The lowest BCUT2D eigenvalue weighted by molar-refractivity contribution is -0.112. The molecule has 0 radical (unpaired) electrons. The van der Waals surface area contributed by atoms with Gasteiger partial charge in [-0.25, -0.2) is 0 Å². The van der Waals surface area contributed by atoms with Gasteiger partial charge in [0, 0.05) is 29.9 Å². The molecule has 0 aliphatic heterocycles. The van der Waals surface area contributed by atoms with Crippen molar-refractivity contribution in [2.24, 2.45) is 5.73 Å². The smallest absolute Gasteiger partial charge is 0.248 e. The Bertz CT molecular complexity index is 388. The quantitative estimate of drug-likeness (QED) is 0.474. The van der Waals surface area contributed by atoms with Gasteiger partial charge in [0.05, 0.1) is 0 Å². The normalized spacial score (nSPS) is 9.42. The van der Waals surface area contributed by atoms with Crippen molar-refractivity contribution in [2.45, 2.75) is 25.2 Å². The van der Waals surface area contributed by atoms with Gasteiger partial charge in [0.15, 0.2) is 0 Å². The standard InChI is InChI=1S/C13H17NO2S.C2H6/c1-10(13(14)15)11-4-6-12(7-5-11)17-9-3-8-16-2;1-2/h4-7H,1,3,8-9H2,2H3,(H2,14,15);1-2H3. The molecule has 4 heteroatoms. The van der Waals surface area contributed by atoms with Crippen LogP contribution < -0.4 is 5.73 Å². The Hall–Kier alpha value is -1.26. The van der Waals surface area contributed by atoms with Gasteiger partial charge in [-0.1, -0.05) is 32.6 Å². The molecule has 0 heterocycles. The van der Waals surface area contributed by atoms with E-state index in [1.807, 2.05) is 38.1 Å². The maximum Gasteiger partial charge on any atom is 0.248 e. The van der Waals surface area contributed by atoms with E-state index in [1.54, 1.807) is 18.9 Å². The van der Waals surface area contributed by atoms with E-state index in [9.17, 15) is 4.79 Å². The minimum absolute atomic E-state index is 0.348. The zero-order chi connectivity index (χ0) is 14.7. The van der Waals surface area contributed by atoms with Crippen LogP contribution in [0.4, 0.5) is 0 Å². The van der Waals surface area contributed by atoms with Gasteiger partial charge in [0.2, 0.25) is 5.91 Å². The topological polar surface area (TPSA) is 52.3 Å². The summed E-state index contributed by atoms with van der Waals surface area (Å²) in [5.74, 6) is 0.537. The molecular weight excluding hydrogens is 258 g/mol. The Labute approximate surface area is 120 Å². The van der Waals surface area contributed by atoms with Crippen LogP contribution in [-0.2, 0) is 9.53 Å². The summed E-state index contributed by atoms with van der Waals surface area (Å²) >= 11 is 1.76. The molecule has 0 aliphatic rings. The number of carbonyl (C=O) groups excluding carboxylic acids is 1. The van der Waals surface area contributed by atoms with Gasteiger partial charge in [-0.2, -0.15) is 0 Å². The molecule has 0 aliphatic carbocycles. The van der Waals surface area contributed by atoms with Crippen LogP contribution in [0.1, 0.15) is 25.8 Å². The van der Waals surface area contributed by atoms with Gasteiger partial charge in [0.1, 0.15) is 0 Å². The first-order valence-electron chi connectivity index (χ1n) is 6.36.